The van der Waals surface area contributed by atoms with Crippen molar-refractivity contribution in [3.05, 3.63) is 35.9 Å². The molecule has 3 N–H and O–H groups in total. The molecule has 1 aromatic carbocycles. The summed E-state index contributed by atoms with van der Waals surface area (Å²) in [4.78, 5) is 39.0. The van der Waals surface area contributed by atoms with Gasteiger partial charge in [0.25, 0.3) is 0 Å². The summed E-state index contributed by atoms with van der Waals surface area (Å²) in [5.41, 5.74) is 0.290. The zero-order valence-electron chi connectivity index (χ0n) is 19.6. The summed E-state index contributed by atoms with van der Waals surface area (Å²) in [5, 5.41) is 15.5. The molecule has 33 heavy (non-hydrogen) atoms. The molecule has 1 saturated heterocycles. The molecule has 0 bridgehead atoms. The van der Waals surface area contributed by atoms with Crippen LogP contribution in [-0.2, 0) is 20.9 Å². The number of amides is 3. The smallest absolute Gasteiger partial charge is 0.408 e. The normalized spacial score (nSPS) is 25.5. The van der Waals surface area contributed by atoms with Gasteiger partial charge in [-0.15, -0.1) is 0 Å². The highest BCUT2D eigenvalue weighted by Crippen LogP contribution is 2.31. The average molecular weight is 462 g/mol. The number of rotatable bonds is 6. The fourth-order valence-electron chi connectivity index (χ4n) is 4.53. The summed E-state index contributed by atoms with van der Waals surface area (Å²) in [5.74, 6) is -0.319. The largest absolute Gasteiger partial charge is 0.445 e. The van der Waals surface area contributed by atoms with E-state index in [1.807, 2.05) is 30.3 Å². The summed E-state index contributed by atoms with van der Waals surface area (Å²) in [6.07, 6.45) is 1.29. The fourth-order valence-corrected chi connectivity index (χ4v) is 4.53. The van der Waals surface area contributed by atoms with Gasteiger partial charge in [-0.3, -0.25) is 4.79 Å². The van der Waals surface area contributed by atoms with Crippen molar-refractivity contribution >= 4 is 18.1 Å². The molecule has 9 heteroatoms. The van der Waals surface area contributed by atoms with E-state index in [-0.39, 0.29) is 37.1 Å². The zero-order chi connectivity index (χ0) is 24.0. The Kier molecular flexibility index (Phi) is 8.18. The molecule has 1 saturated carbocycles. The number of alkyl carbamates (subject to hydrolysis) is 2. The molecule has 0 aromatic heterocycles. The van der Waals surface area contributed by atoms with Gasteiger partial charge in [-0.05, 0) is 52.0 Å². The predicted octanol–water partition coefficient (Wildman–Crippen LogP) is 2.57. The Morgan fingerprint density at radius 2 is 1.82 bits per heavy atom. The van der Waals surface area contributed by atoms with Crippen molar-refractivity contribution in [3.8, 4) is 0 Å². The Hall–Kier alpha value is -2.81. The van der Waals surface area contributed by atoms with E-state index in [4.69, 9.17) is 9.47 Å². The van der Waals surface area contributed by atoms with Gasteiger partial charge in [-0.25, -0.2) is 9.59 Å². The van der Waals surface area contributed by atoms with Crippen molar-refractivity contribution in [2.45, 2.75) is 76.8 Å². The van der Waals surface area contributed by atoms with Crippen LogP contribution in [0.5, 0.6) is 0 Å². The molecule has 1 aliphatic heterocycles. The first-order valence-electron chi connectivity index (χ1n) is 11.5. The molecule has 0 radical (unpaired) electrons. The standard InChI is InChI=1S/C24H35N3O6/c1-24(2,3)33-23(31)25-18-9-10-20(17(13-18)14-28)27-12-11-19(21(27)29)26-22(30)32-15-16-7-5-4-6-8-16/h4-8,17-20,28H,9-15H2,1-3H3,(H,25,31)(H,26,30)/t17-,18+,19?,20-/m0/s1. The third kappa shape index (κ3) is 7.08. The van der Waals surface area contributed by atoms with Gasteiger partial charge in [-0.2, -0.15) is 0 Å². The Bertz CT molecular complexity index is 825. The van der Waals surface area contributed by atoms with Gasteiger partial charge < -0.3 is 30.1 Å². The summed E-state index contributed by atoms with van der Waals surface area (Å²) < 4.78 is 10.6. The van der Waals surface area contributed by atoms with Gasteiger partial charge in [0, 0.05) is 31.2 Å². The maximum Gasteiger partial charge on any atom is 0.408 e. The molecule has 1 heterocycles. The second kappa shape index (κ2) is 10.9. The maximum atomic E-state index is 13.0. The summed E-state index contributed by atoms with van der Waals surface area (Å²) in [6, 6.07) is 8.45. The van der Waals surface area contributed by atoms with E-state index in [1.54, 1.807) is 25.7 Å². The van der Waals surface area contributed by atoms with Crippen LogP contribution in [0.25, 0.3) is 0 Å². The SMILES string of the molecule is CC(C)(C)OC(=O)N[C@@H]1CC[C@H](N2CCC(NC(=O)OCc3ccccc3)C2=O)[C@H](CO)C1. The van der Waals surface area contributed by atoms with E-state index in [9.17, 15) is 19.5 Å². The van der Waals surface area contributed by atoms with Crippen molar-refractivity contribution in [1.82, 2.24) is 15.5 Å². The van der Waals surface area contributed by atoms with Crippen LogP contribution in [0.1, 0.15) is 52.0 Å². The maximum absolute atomic E-state index is 13.0. The minimum Gasteiger partial charge on any atom is -0.445 e. The Balaban J connectivity index is 1.49. The molecular formula is C24H35N3O6. The fraction of sp³-hybridized carbons (Fsp3) is 0.625. The molecule has 9 nitrogen and oxygen atoms in total. The number of nitrogens with zero attached hydrogens (tertiary/aromatic N) is 1. The molecule has 3 amide bonds. The van der Waals surface area contributed by atoms with Crippen molar-refractivity contribution in [2.24, 2.45) is 5.92 Å². The van der Waals surface area contributed by atoms with E-state index in [2.05, 4.69) is 10.6 Å². The second-order valence-corrected chi connectivity index (χ2v) is 9.75. The second-order valence-electron chi connectivity index (χ2n) is 9.75. The molecule has 2 aliphatic rings. The van der Waals surface area contributed by atoms with Crippen LogP contribution in [0.4, 0.5) is 9.59 Å². The van der Waals surface area contributed by atoms with Gasteiger partial charge >= 0.3 is 12.2 Å². The highest BCUT2D eigenvalue weighted by Gasteiger charge is 2.42. The molecule has 182 valence electrons. The topological polar surface area (TPSA) is 117 Å². The molecule has 1 aliphatic carbocycles. The van der Waals surface area contributed by atoms with Crippen LogP contribution < -0.4 is 10.6 Å². The molecule has 3 rings (SSSR count). The quantitative estimate of drug-likeness (QED) is 0.599. The van der Waals surface area contributed by atoms with E-state index >= 15 is 0 Å². The number of likely N-dealkylation sites (tertiary alicyclic amines) is 1. The number of hydrogen-bond donors (Lipinski definition) is 3. The first-order valence-corrected chi connectivity index (χ1v) is 11.5. The first kappa shape index (κ1) is 24.8. The lowest BCUT2D eigenvalue weighted by Crippen LogP contribution is -2.52. The van der Waals surface area contributed by atoms with Crippen molar-refractivity contribution in [3.63, 3.8) is 0 Å². The number of ether oxygens (including phenoxy) is 2. The van der Waals surface area contributed by atoms with Gasteiger partial charge in [-0.1, -0.05) is 30.3 Å². The monoisotopic (exact) mass is 461 g/mol. The van der Waals surface area contributed by atoms with Crippen molar-refractivity contribution in [1.29, 1.82) is 0 Å². The lowest BCUT2D eigenvalue weighted by atomic mass is 9.81. The number of benzene rings is 1. The third-order valence-corrected chi connectivity index (χ3v) is 6.04. The minimum absolute atomic E-state index is 0.0852. The summed E-state index contributed by atoms with van der Waals surface area (Å²) in [6.45, 7) is 5.98. The van der Waals surface area contributed by atoms with E-state index in [1.165, 1.54) is 0 Å². The number of carbonyl (C=O) groups excluding carboxylic acids is 3. The van der Waals surface area contributed by atoms with Crippen LogP contribution >= 0.6 is 0 Å². The van der Waals surface area contributed by atoms with Gasteiger partial charge in [0.05, 0.1) is 0 Å². The number of carbonyl (C=O) groups is 3. The highest BCUT2D eigenvalue weighted by molar-refractivity contribution is 5.87. The van der Waals surface area contributed by atoms with Crippen LogP contribution in [0.3, 0.4) is 0 Å². The molecule has 4 atom stereocenters. The summed E-state index contributed by atoms with van der Waals surface area (Å²) >= 11 is 0. The number of nitrogens with one attached hydrogen (secondary N) is 2. The van der Waals surface area contributed by atoms with Gasteiger partial charge in [0.15, 0.2) is 0 Å². The van der Waals surface area contributed by atoms with Crippen LogP contribution in [0.2, 0.25) is 0 Å². The first-order chi connectivity index (χ1) is 15.7. The Labute approximate surface area is 194 Å². The van der Waals surface area contributed by atoms with Crippen LogP contribution in [0.15, 0.2) is 30.3 Å². The van der Waals surface area contributed by atoms with Crippen molar-refractivity contribution in [2.75, 3.05) is 13.2 Å². The van der Waals surface area contributed by atoms with E-state index in [0.717, 1.165) is 5.56 Å². The predicted molar refractivity (Wildman–Crippen MR) is 121 cm³/mol. The van der Waals surface area contributed by atoms with Crippen LogP contribution in [0, 0.1) is 5.92 Å². The summed E-state index contributed by atoms with van der Waals surface area (Å²) in [7, 11) is 0. The van der Waals surface area contributed by atoms with E-state index < -0.39 is 23.8 Å². The Morgan fingerprint density at radius 1 is 1.09 bits per heavy atom. The van der Waals surface area contributed by atoms with Gasteiger partial charge in [0.1, 0.15) is 18.2 Å². The third-order valence-electron chi connectivity index (χ3n) is 6.04. The molecule has 1 aromatic rings. The molecular weight excluding hydrogens is 426 g/mol. The van der Waals surface area contributed by atoms with Crippen molar-refractivity contribution < 1.29 is 29.0 Å². The average Bonchev–Trinajstić information content (AvgIpc) is 3.11. The van der Waals surface area contributed by atoms with Gasteiger partial charge in [0.2, 0.25) is 5.91 Å². The number of hydrogen-bond acceptors (Lipinski definition) is 6. The highest BCUT2D eigenvalue weighted by atomic mass is 16.6. The lowest BCUT2D eigenvalue weighted by Gasteiger charge is -2.40. The molecule has 0 spiro atoms. The van der Waals surface area contributed by atoms with E-state index in [0.29, 0.717) is 32.2 Å². The number of aliphatic hydroxyl groups excluding tert-OH is 1. The molecule has 2 fully saturated rings. The zero-order valence-corrected chi connectivity index (χ0v) is 19.6. The molecule has 1 unspecified atom stereocenters. The van der Waals surface area contributed by atoms with Crippen LogP contribution in [-0.4, -0.2) is 65.0 Å². The number of aliphatic hydroxyl groups is 1. The minimum atomic E-state index is -0.634. The lowest BCUT2D eigenvalue weighted by molar-refractivity contribution is -0.133. The Morgan fingerprint density at radius 3 is 2.48 bits per heavy atom.